The molecule has 5 nitrogen and oxygen atoms in total. The second-order valence-corrected chi connectivity index (χ2v) is 5.78. The first-order chi connectivity index (χ1) is 10.0. The molecule has 2 rings (SSSR count). The van der Waals surface area contributed by atoms with Crippen molar-refractivity contribution in [2.24, 2.45) is 5.73 Å². The summed E-state index contributed by atoms with van der Waals surface area (Å²) >= 11 is 0. The summed E-state index contributed by atoms with van der Waals surface area (Å²) in [5.74, 6) is 0.609. The Morgan fingerprint density at radius 2 is 2.14 bits per heavy atom. The highest BCUT2D eigenvalue weighted by Crippen LogP contribution is 2.33. The van der Waals surface area contributed by atoms with Crippen LogP contribution in [0.3, 0.4) is 0 Å². The van der Waals surface area contributed by atoms with Crippen LogP contribution < -0.4 is 15.8 Å². The largest absolute Gasteiger partial charge is 0.489 e. The van der Waals surface area contributed by atoms with Gasteiger partial charge in [-0.15, -0.1) is 0 Å². The number of methoxy groups -OCH3 is 1. The summed E-state index contributed by atoms with van der Waals surface area (Å²) in [6, 6.07) is 5.71. The molecule has 0 aliphatic heterocycles. The summed E-state index contributed by atoms with van der Waals surface area (Å²) in [6.45, 7) is 2.94. The third-order valence-electron chi connectivity index (χ3n) is 3.82. The molecule has 1 fully saturated rings. The summed E-state index contributed by atoms with van der Waals surface area (Å²) in [4.78, 5) is 12.1. The summed E-state index contributed by atoms with van der Waals surface area (Å²) in [5.41, 5.74) is 7.56. The first-order valence-electron chi connectivity index (χ1n) is 7.33. The van der Waals surface area contributed by atoms with Crippen molar-refractivity contribution in [2.75, 3.05) is 25.6 Å². The minimum Gasteiger partial charge on any atom is -0.489 e. The van der Waals surface area contributed by atoms with Gasteiger partial charge < -0.3 is 20.5 Å². The molecule has 0 heterocycles. The molecule has 0 spiro atoms. The lowest BCUT2D eigenvalue weighted by Crippen LogP contribution is -2.48. The monoisotopic (exact) mass is 292 g/mol. The van der Waals surface area contributed by atoms with E-state index >= 15 is 0 Å². The van der Waals surface area contributed by atoms with Gasteiger partial charge in [0.15, 0.2) is 0 Å². The number of amides is 1. The van der Waals surface area contributed by atoms with Crippen LogP contribution in [0.5, 0.6) is 5.75 Å². The maximum Gasteiger partial charge on any atom is 0.226 e. The number of rotatable bonds is 7. The van der Waals surface area contributed by atoms with E-state index in [1.54, 1.807) is 7.11 Å². The van der Waals surface area contributed by atoms with Crippen molar-refractivity contribution < 1.29 is 14.3 Å². The van der Waals surface area contributed by atoms with Gasteiger partial charge in [0.25, 0.3) is 0 Å². The lowest BCUT2D eigenvalue weighted by Gasteiger charge is -2.37. The maximum absolute atomic E-state index is 12.1. The molecule has 0 aromatic heterocycles. The van der Waals surface area contributed by atoms with Gasteiger partial charge in [-0.3, -0.25) is 4.79 Å². The molecular formula is C16H24N2O3. The van der Waals surface area contributed by atoms with Gasteiger partial charge in [-0.2, -0.15) is 0 Å². The van der Waals surface area contributed by atoms with Crippen LogP contribution in [0.2, 0.25) is 0 Å². The van der Waals surface area contributed by atoms with E-state index in [9.17, 15) is 4.79 Å². The first kappa shape index (κ1) is 15.8. The van der Waals surface area contributed by atoms with Gasteiger partial charge in [0.2, 0.25) is 5.91 Å². The minimum absolute atomic E-state index is 0.0577. The van der Waals surface area contributed by atoms with E-state index in [4.69, 9.17) is 15.2 Å². The highest BCUT2D eigenvalue weighted by molar-refractivity contribution is 5.93. The zero-order valence-corrected chi connectivity index (χ0v) is 12.8. The van der Waals surface area contributed by atoms with Crippen LogP contribution in [0.25, 0.3) is 0 Å². The fraction of sp³-hybridized carbons (Fsp3) is 0.562. The van der Waals surface area contributed by atoms with Gasteiger partial charge in [-0.1, -0.05) is 6.07 Å². The molecule has 116 valence electrons. The molecule has 1 saturated carbocycles. The minimum atomic E-state index is -0.314. The topological polar surface area (TPSA) is 73.6 Å². The molecule has 5 heteroatoms. The molecule has 0 atom stereocenters. The Kier molecular flexibility index (Phi) is 5.20. The Morgan fingerprint density at radius 3 is 2.76 bits per heavy atom. The van der Waals surface area contributed by atoms with Crippen molar-refractivity contribution in [1.82, 2.24) is 0 Å². The van der Waals surface area contributed by atoms with Crippen LogP contribution >= 0.6 is 0 Å². The second kappa shape index (κ2) is 6.91. The van der Waals surface area contributed by atoms with E-state index in [2.05, 4.69) is 5.32 Å². The summed E-state index contributed by atoms with van der Waals surface area (Å²) in [5, 5.41) is 2.90. The smallest absolute Gasteiger partial charge is 0.226 e. The number of hydrogen-bond donors (Lipinski definition) is 2. The number of anilines is 1. The van der Waals surface area contributed by atoms with Crippen LogP contribution in [0.15, 0.2) is 18.2 Å². The van der Waals surface area contributed by atoms with Crippen molar-refractivity contribution in [1.29, 1.82) is 0 Å². The molecule has 0 unspecified atom stereocenters. The van der Waals surface area contributed by atoms with Crippen LogP contribution in [0.1, 0.15) is 31.2 Å². The third kappa shape index (κ3) is 4.44. The van der Waals surface area contributed by atoms with Crippen molar-refractivity contribution >= 4 is 11.6 Å². The molecule has 0 radical (unpaired) electrons. The SMILES string of the molecule is COCCOc1cc(C)ccc1NC(=O)CC1(N)CCC1. The average Bonchev–Trinajstić information content (AvgIpc) is 2.40. The Labute approximate surface area is 125 Å². The third-order valence-corrected chi connectivity index (χ3v) is 3.82. The molecule has 0 saturated heterocycles. The van der Waals surface area contributed by atoms with Gasteiger partial charge in [0, 0.05) is 19.1 Å². The number of carbonyl (C=O) groups excluding carboxylic acids is 1. The van der Waals surface area contributed by atoms with Crippen molar-refractivity contribution in [2.45, 2.75) is 38.1 Å². The quantitative estimate of drug-likeness (QED) is 0.756. The fourth-order valence-corrected chi connectivity index (χ4v) is 2.41. The summed E-state index contributed by atoms with van der Waals surface area (Å²) in [6.07, 6.45) is 3.31. The summed E-state index contributed by atoms with van der Waals surface area (Å²) < 4.78 is 10.6. The van der Waals surface area contributed by atoms with Crippen LogP contribution in [0.4, 0.5) is 5.69 Å². The lowest BCUT2D eigenvalue weighted by molar-refractivity contribution is -0.118. The molecule has 1 aliphatic carbocycles. The van der Waals surface area contributed by atoms with E-state index in [0.717, 1.165) is 24.8 Å². The van der Waals surface area contributed by atoms with E-state index in [0.29, 0.717) is 31.1 Å². The molecule has 1 aliphatic rings. The van der Waals surface area contributed by atoms with Crippen LogP contribution in [-0.2, 0) is 9.53 Å². The summed E-state index contributed by atoms with van der Waals surface area (Å²) in [7, 11) is 1.63. The standard InChI is InChI=1S/C16H24N2O3/c1-12-4-5-13(14(10-12)21-9-8-20-2)18-15(19)11-16(17)6-3-7-16/h4-5,10H,3,6-9,11,17H2,1-2H3,(H,18,19). The van der Waals surface area contributed by atoms with Gasteiger partial charge >= 0.3 is 0 Å². The number of nitrogens with one attached hydrogen (secondary N) is 1. The van der Waals surface area contributed by atoms with Crippen molar-refractivity contribution in [3.8, 4) is 5.75 Å². The number of benzene rings is 1. The normalized spacial score (nSPS) is 16.1. The Hall–Kier alpha value is -1.59. The highest BCUT2D eigenvalue weighted by Gasteiger charge is 2.34. The Bertz CT molecular complexity index is 498. The zero-order valence-electron chi connectivity index (χ0n) is 12.8. The van der Waals surface area contributed by atoms with E-state index < -0.39 is 0 Å². The van der Waals surface area contributed by atoms with Crippen molar-refractivity contribution in [3.05, 3.63) is 23.8 Å². The Morgan fingerprint density at radius 1 is 1.38 bits per heavy atom. The van der Waals surface area contributed by atoms with Crippen LogP contribution in [-0.4, -0.2) is 31.8 Å². The van der Waals surface area contributed by atoms with Crippen LogP contribution in [0, 0.1) is 6.92 Å². The molecule has 1 amide bonds. The molecular weight excluding hydrogens is 268 g/mol. The number of ether oxygens (including phenoxy) is 2. The number of hydrogen-bond acceptors (Lipinski definition) is 4. The molecule has 3 N–H and O–H groups in total. The lowest BCUT2D eigenvalue weighted by atomic mass is 9.75. The highest BCUT2D eigenvalue weighted by atomic mass is 16.5. The van der Waals surface area contributed by atoms with E-state index in [-0.39, 0.29) is 11.4 Å². The van der Waals surface area contributed by atoms with Gasteiger partial charge in [-0.05, 0) is 43.9 Å². The molecule has 0 bridgehead atoms. The average molecular weight is 292 g/mol. The Balaban J connectivity index is 1.98. The van der Waals surface area contributed by atoms with Gasteiger partial charge in [0.05, 0.1) is 12.3 Å². The molecule has 1 aromatic rings. The predicted octanol–water partition coefficient (Wildman–Crippen LogP) is 2.23. The maximum atomic E-state index is 12.1. The number of nitrogens with two attached hydrogens (primary N) is 1. The van der Waals surface area contributed by atoms with Gasteiger partial charge in [-0.25, -0.2) is 0 Å². The molecule has 21 heavy (non-hydrogen) atoms. The number of carbonyl (C=O) groups is 1. The van der Waals surface area contributed by atoms with Gasteiger partial charge in [0.1, 0.15) is 12.4 Å². The predicted molar refractivity (Wildman–Crippen MR) is 82.6 cm³/mol. The first-order valence-corrected chi connectivity index (χ1v) is 7.33. The van der Waals surface area contributed by atoms with E-state index in [1.165, 1.54) is 0 Å². The van der Waals surface area contributed by atoms with E-state index in [1.807, 2.05) is 25.1 Å². The fourth-order valence-electron chi connectivity index (χ4n) is 2.41. The van der Waals surface area contributed by atoms with Crippen molar-refractivity contribution in [3.63, 3.8) is 0 Å². The second-order valence-electron chi connectivity index (χ2n) is 5.78. The molecule has 1 aromatic carbocycles. The zero-order chi connectivity index (χ0) is 15.3. The number of aryl methyl sites for hydroxylation is 1.